The van der Waals surface area contributed by atoms with Crippen LogP contribution in [-0.4, -0.2) is 11.8 Å². The number of aryl methyl sites for hydroxylation is 1. The molecule has 1 saturated carbocycles. The van der Waals surface area contributed by atoms with Gasteiger partial charge in [-0.2, -0.15) is 0 Å². The maximum absolute atomic E-state index is 12.5. The second-order valence-electron chi connectivity index (χ2n) is 5.58. The van der Waals surface area contributed by atoms with Gasteiger partial charge in [0.05, 0.1) is 0 Å². The second-order valence-corrected chi connectivity index (χ2v) is 5.58. The van der Waals surface area contributed by atoms with Crippen LogP contribution in [0.15, 0.2) is 28.7 Å². The molecule has 1 aliphatic rings. The van der Waals surface area contributed by atoms with Crippen LogP contribution < -0.4 is 5.73 Å². The van der Waals surface area contributed by atoms with E-state index in [2.05, 4.69) is 0 Å². The van der Waals surface area contributed by atoms with Crippen LogP contribution in [-0.2, 0) is 0 Å². The molecule has 0 aliphatic heterocycles. The number of carbonyl (C=O) groups excluding carboxylic acids is 1. The molecule has 100 valence electrons. The summed E-state index contributed by atoms with van der Waals surface area (Å²) >= 11 is 0. The molecule has 1 aliphatic carbocycles. The van der Waals surface area contributed by atoms with E-state index < -0.39 is 0 Å². The van der Waals surface area contributed by atoms with Crippen molar-refractivity contribution in [1.29, 1.82) is 0 Å². The molecule has 2 N–H and O–H groups in total. The van der Waals surface area contributed by atoms with Gasteiger partial charge in [0.2, 0.25) is 5.78 Å². The minimum Gasteiger partial charge on any atom is -0.453 e. The van der Waals surface area contributed by atoms with Gasteiger partial charge in [0.1, 0.15) is 5.58 Å². The van der Waals surface area contributed by atoms with Gasteiger partial charge in [0.25, 0.3) is 0 Å². The number of hydrogen-bond acceptors (Lipinski definition) is 3. The summed E-state index contributed by atoms with van der Waals surface area (Å²) in [5, 5.41) is 1.01. The number of Topliss-reactive ketones (excluding diaryl/α,β-unsaturated/α-hetero) is 1. The largest absolute Gasteiger partial charge is 0.453 e. The second kappa shape index (κ2) is 4.82. The summed E-state index contributed by atoms with van der Waals surface area (Å²) in [7, 11) is 0. The van der Waals surface area contributed by atoms with Crippen molar-refractivity contribution in [3.05, 3.63) is 35.6 Å². The van der Waals surface area contributed by atoms with Crippen molar-refractivity contribution in [2.75, 3.05) is 0 Å². The summed E-state index contributed by atoms with van der Waals surface area (Å²) in [6, 6.07) is 8.11. The van der Waals surface area contributed by atoms with Crippen LogP contribution in [0.2, 0.25) is 0 Å². The van der Waals surface area contributed by atoms with Gasteiger partial charge < -0.3 is 10.2 Å². The van der Waals surface area contributed by atoms with Gasteiger partial charge in [-0.3, -0.25) is 4.79 Å². The molecule has 0 saturated heterocycles. The lowest BCUT2D eigenvalue weighted by Crippen LogP contribution is -2.29. The Bertz CT molecular complexity index is 606. The maximum Gasteiger partial charge on any atom is 0.201 e. The monoisotopic (exact) mass is 257 g/mol. The zero-order valence-electron chi connectivity index (χ0n) is 11.2. The van der Waals surface area contributed by atoms with Crippen LogP contribution in [0, 0.1) is 12.8 Å². The Morgan fingerprint density at radius 2 is 2.00 bits per heavy atom. The van der Waals surface area contributed by atoms with E-state index in [9.17, 15) is 4.79 Å². The lowest BCUT2D eigenvalue weighted by Gasteiger charge is -2.24. The fraction of sp³-hybridized carbons (Fsp3) is 0.438. The first-order valence-corrected chi connectivity index (χ1v) is 6.94. The maximum atomic E-state index is 12.5. The zero-order chi connectivity index (χ0) is 13.4. The highest BCUT2D eigenvalue weighted by molar-refractivity contribution is 5.99. The van der Waals surface area contributed by atoms with Crippen molar-refractivity contribution in [3.63, 3.8) is 0 Å². The van der Waals surface area contributed by atoms with Gasteiger partial charge in [-0.05, 0) is 44.2 Å². The molecular weight excluding hydrogens is 238 g/mol. The van der Waals surface area contributed by atoms with Gasteiger partial charge >= 0.3 is 0 Å². The van der Waals surface area contributed by atoms with Gasteiger partial charge in [-0.15, -0.1) is 0 Å². The molecule has 0 spiro atoms. The number of fused-ring (bicyclic) bond motifs is 1. The van der Waals surface area contributed by atoms with Crippen LogP contribution in [0.5, 0.6) is 0 Å². The van der Waals surface area contributed by atoms with E-state index >= 15 is 0 Å². The predicted molar refractivity (Wildman–Crippen MR) is 75.2 cm³/mol. The van der Waals surface area contributed by atoms with Gasteiger partial charge in [0, 0.05) is 17.3 Å². The molecule has 1 aromatic carbocycles. The Hall–Kier alpha value is -1.61. The fourth-order valence-electron chi connectivity index (χ4n) is 2.91. The van der Waals surface area contributed by atoms with Gasteiger partial charge in [-0.1, -0.05) is 18.2 Å². The third-order valence-electron chi connectivity index (χ3n) is 4.13. The van der Waals surface area contributed by atoms with Crippen LogP contribution in [0.3, 0.4) is 0 Å². The van der Waals surface area contributed by atoms with Crippen molar-refractivity contribution < 1.29 is 9.21 Å². The highest BCUT2D eigenvalue weighted by Crippen LogP contribution is 2.29. The fourth-order valence-corrected chi connectivity index (χ4v) is 2.91. The van der Waals surface area contributed by atoms with Crippen LogP contribution >= 0.6 is 0 Å². The SMILES string of the molecule is Cc1cccc2cc(C(=O)C3CCC(N)CC3)oc12. The van der Waals surface area contributed by atoms with Crippen molar-refractivity contribution in [1.82, 2.24) is 0 Å². The van der Waals surface area contributed by atoms with E-state index in [-0.39, 0.29) is 17.7 Å². The van der Waals surface area contributed by atoms with Crippen molar-refractivity contribution in [2.45, 2.75) is 38.6 Å². The van der Waals surface area contributed by atoms with E-state index in [4.69, 9.17) is 10.2 Å². The van der Waals surface area contributed by atoms with Gasteiger partial charge in [0.15, 0.2) is 5.76 Å². The highest BCUT2D eigenvalue weighted by Gasteiger charge is 2.27. The molecule has 0 bridgehead atoms. The van der Waals surface area contributed by atoms with E-state index in [0.29, 0.717) is 5.76 Å². The van der Waals surface area contributed by atoms with Crippen LogP contribution in [0.4, 0.5) is 0 Å². The van der Waals surface area contributed by atoms with Crippen LogP contribution in [0.25, 0.3) is 11.0 Å². The number of benzene rings is 1. The smallest absolute Gasteiger partial charge is 0.201 e. The molecule has 3 nitrogen and oxygen atoms in total. The lowest BCUT2D eigenvalue weighted by atomic mass is 9.83. The van der Waals surface area contributed by atoms with Crippen molar-refractivity contribution >= 4 is 16.8 Å². The van der Waals surface area contributed by atoms with Crippen LogP contribution in [0.1, 0.15) is 41.8 Å². The molecule has 3 heteroatoms. The van der Waals surface area contributed by atoms with Crippen molar-refractivity contribution in [2.24, 2.45) is 11.7 Å². The number of nitrogens with two attached hydrogens (primary N) is 1. The molecule has 19 heavy (non-hydrogen) atoms. The first kappa shape index (κ1) is 12.4. The number of ketones is 1. The summed E-state index contributed by atoms with van der Waals surface area (Å²) in [6.07, 6.45) is 3.65. The first-order valence-electron chi connectivity index (χ1n) is 6.94. The number of furan rings is 1. The molecule has 1 heterocycles. The number of para-hydroxylation sites is 1. The van der Waals surface area contributed by atoms with Crippen molar-refractivity contribution in [3.8, 4) is 0 Å². The minimum absolute atomic E-state index is 0.0840. The lowest BCUT2D eigenvalue weighted by molar-refractivity contribution is 0.0858. The minimum atomic E-state index is 0.0840. The third-order valence-corrected chi connectivity index (χ3v) is 4.13. The van der Waals surface area contributed by atoms with E-state index in [1.807, 2.05) is 31.2 Å². The molecule has 1 fully saturated rings. The number of rotatable bonds is 2. The average molecular weight is 257 g/mol. The Morgan fingerprint density at radius 3 is 2.68 bits per heavy atom. The molecule has 1 aromatic heterocycles. The Labute approximate surface area is 112 Å². The number of carbonyl (C=O) groups is 1. The molecule has 0 unspecified atom stereocenters. The normalized spacial score (nSPS) is 23.7. The summed E-state index contributed by atoms with van der Waals surface area (Å²) in [5.74, 6) is 0.730. The summed E-state index contributed by atoms with van der Waals surface area (Å²) in [6.45, 7) is 2.00. The Kier molecular flexibility index (Phi) is 3.15. The molecule has 0 atom stereocenters. The Morgan fingerprint density at radius 1 is 1.26 bits per heavy atom. The summed E-state index contributed by atoms with van der Waals surface area (Å²) in [5.41, 5.74) is 7.79. The van der Waals surface area contributed by atoms with Gasteiger partial charge in [-0.25, -0.2) is 0 Å². The molecule has 2 aromatic rings. The third kappa shape index (κ3) is 2.30. The first-order chi connectivity index (χ1) is 9.15. The quantitative estimate of drug-likeness (QED) is 0.838. The summed E-state index contributed by atoms with van der Waals surface area (Å²) in [4.78, 5) is 12.5. The molecule has 3 rings (SSSR count). The van der Waals surface area contributed by atoms with E-state index in [1.54, 1.807) is 0 Å². The molecule has 0 amide bonds. The molecule has 0 radical (unpaired) electrons. The van der Waals surface area contributed by atoms with E-state index in [0.717, 1.165) is 42.2 Å². The topological polar surface area (TPSA) is 56.2 Å². The standard InChI is InChI=1S/C16H19NO2/c1-10-3-2-4-12-9-14(19-16(10)12)15(18)11-5-7-13(17)8-6-11/h2-4,9,11,13H,5-8,17H2,1H3. The molecular formula is C16H19NO2. The average Bonchev–Trinajstić information content (AvgIpc) is 2.84. The zero-order valence-corrected chi connectivity index (χ0v) is 11.2. The van der Waals surface area contributed by atoms with E-state index in [1.165, 1.54) is 0 Å². The Balaban J connectivity index is 1.87. The highest BCUT2D eigenvalue weighted by atomic mass is 16.3. The summed E-state index contributed by atoms with van der Waals surface area (Å²) < 4.78 is 5.76. The number of hydrogen-bond donors (Lipinski definition) is 1. The predicted octanol–water partition coefficient (Wildman–Crippen LogP) is 3.44.